The maximum atomic E-state index is 12.4. The van der Waals surface area contributed by atoms with Crippen molar-refractivity contribution in [1.29, 1.82) is 0 Å². The van der Waals surface area contributed by atoms with Crippen LogP contribution in [-0.4, -0.2) is 56.8 Å². The first kappa shape index (κ1) is 27.6. The van der Waals surface area contributed by atoms with Crippen LogP contribution < -0.4 is 0 Å². The van der Waals surface area contributed by atoms with Gasteiger partial charge in [0, 0.05) is 12.3 Å². The molecule has 3 rings (SSSR count). The van der Waals surface area contributed by atoms with Crippen molar-refractivity contribution in [1.82, 2.24) is 19.5 Å². The molecule has 0 amide bonds. The van der Waals surface area contributed by atoms with Crippen LogP contribution in [0.5, 0.6) is 0 Å². The second-order valence-corrected chi connectivity index (χ2v) is 10.4. The van der Waals surface area contributed by atoms with Gasteiger partial charge in [0.05, 0.1) is 31.2 Å². The smallest absolute Gasteiger partial charge is 0.229 e. The molecule has 2 unspecified atom stereocenters. The van der Waals surface area contributed by atoms with E-state index in [0.29, 0.717) is 32.3 Å². The van der Waals surface area contributed by atoms with Crippen LogP contribution in [0.1, 0.15) is 69.9 Å². The van der Waals surface area contributed by atoms with E-state index in [9.17, 15) is 9.59 Å². The summed E-state index contributed by atoms with van der Waals surface area (Å²) in [6.07, 6.45) is 10.7. The molecule has 1 saturated heterocycles. The van der Waals surface area contributed by atoms with Crippen LogP contribution in [0.2, 0.25) is 0 Å². The van der Waals surface area contributed by atoms with Crippen LogP contribution in [0.4, 0.5) is 0 Å². The van der Waals surface area contributed by atoms with Crippen LogP contribution >= 0.6 is 40.2 Å². The van der Waals surface area contributed by atoms with Gasteiger partial charge in [-0.2, -0.15) is 5.10 Å². The van der Waals surface area contributed by atoms with Crippen molar-refractivity contribution in [3.63, 3.8) is 0 Å². The van der Waals surface area contributed by atoms with Crippen molar-refractivity contribution in [2.45, 2.75) is 70.1 Å². The Morgan fingerprint density at radius 2 is 2.00 bits per heavy atom. The topological polar surface area (TPSA) is 96.2 Å². The van der Waals surface area contributed by atoms with Crippen molar-refractivity contribution in [2.75, 3.05) is 19.5 Å². The Balaban J connectivity index is 0.000000228. The molecule has 8 nitrogen and oxygen atoms in total. The lowest BCUT2D eigenvalue weighted by molar-refractivity contribution is -0.187. The van der Waals surface area contributed by atoms with E-state index in [1.54, 1.807) is 10.6 Å². The molecule has 0 aromatic carbocycles. The minimum Gasteiger partial charge on any atom is -0.341 e. The molecule has 0 N–H and O–H groups in total. The summed E-state index contributed by atoms with van der Waals surface area (Å²) in [5, 5.41) is 5.88. The molecule has 178 valence electrons. The van der Waals surface area contributed by atoms with Crippen LogP contribution in [0.25, 0.3) is 11.0 Å². The number of nitrogens with zero attached hydrogens (tertiary/aromatic N) is 4. The fourth-order valence-electron chi connectivity index (χ4n) is 3.46. The first-order valence-electron chi connectivity index (χ1n) is 10.9. The van der Waals surface area contributed by atoms with Gasteiger partial charge in [-0.25, -0.2) is 14.4 Å². The lowest BCUT2D eigenvalue weighted by Crippen LogP contribution is -2.43. The molecule has 0 spiro atoms. The Bertz CT molecular complexity index is 892. The number of halogens is 1. The van der Waals surface area contributed by atoms with Crippen molar-refractivity contribution < 1.29 is 19.1 Å². The molecular weight excluding hydrogens is 562 g/mol. The number of hydrogen-bond donors (Lipinski definition) is 0. The molecule has 0 bridgehead atoms. The van der Waals surface area contributed by atoms with Crippen molar-refractivity contribution in [3.05, 3.63) is 12.0 Å². The standard InChI is InChI=1S/C14H26O3.C7H6IN4OPS/c1-4-6-8-12(3)13(15)14(9-7-5-2)16-10-11-17-14;1-15-7-4-2-9-12(14-8)6(4)10-5(3-13)11-7/h12H,4-11H2,1-3H3;2-3,14H,1H3. The molecule has 2 atom stereocenters. The number of rotatable bonds is 11. The monoisotopic (exact) mass is 594 g/mol. The summed E-state index contributed by atoms with van der Waals surface area (Å²) in [6, 6.07) is 0. The molecule has 1 aliphatic rings. The Kier molecular flexibility index (Phi) is 12.0. The van der Waals surface area contributed by atoms with Gasteiger partial charge in [0.1, 0.15) is 5.03 Å². The highest BCUT2D eigenvalue weighted by molar-refractivity contribution is 14.2. The number of Topliss-reactive ketones (excluding diaryl/α,β-unsaturated/α-hetero) is 1. The minimum absolute atomic E-state index is 0.0462. The summed E-state index contributed by atoms with van der Waals surface area (Å²) in [5.41, 5.74) is 0.726. The summed E-state index contributed by atoms with van der Waals surface area (Å²) in [4.78, 5) is 31.4. The number of ether oxygens (including phenoxy) is 2. The van der Waals surface area contributed by atoms with Crippen molar-refractivity contribution in [2.24, 2.45) is 5.92 Å². The molecule has 2 aromatic heterocycles. The van der Waals surface area contributed by atoms with Crippen molar-refractivity contribution >= 4 is 63.3 Å². The number of hydrogen-bond acceptors (Lipinski definition) is 8. The average Bonchev–Trinajstić information content (AvgIpc) is 3.48. The Morgan fingerprint density at radius 3 is 2.56 bits per heavy atom. The molecule has 0 aliphatic carbocycles. The second kappa shape index (κ2) is 13.9. The van der Waals surface area contributed by atoms with E-state index < -0.39 is 5.79 Å². The average molecular weight is 594 g/mol. The van der Waals surface area contributed by atoms with Crippen LogP contribution in [0, 0.1) is 5.92 Å². The van der Waals surface area contributed by atoms with E-state index in [0.717, 1.165) is 48.2 Å². The third-order valence-corrected chi connectivity index (χ3v) is 7.77. The van der Waals surface area contributed by atoms with Gasteiger partial charge in [0.25, 0.3) is 0 Å². The molecule has 11 heteroatoms. The minimum atomic E-state index is -0.914. The van der Waals surface area contributed by atoms with Gasteiger partial charge in [-0.05, 0) is 41.1 Å². The number of carbonyl (C=O) groups is 2. The third-order valence-electron chi connectivity index (χ3n) is 5.22. The molecule has 1 fully saturated rings. The van der Waals surface area contributed by atoms with Crippen LogP contribution in [0.15, 0.2) is 11.2 Å². The number of aldehydes is 1. The molecule has 0 radical (unpaired) electrons. The molecule has 0 saturated carbocycles. The summed E-state index contributed by atoms with van der Waals surface area (Å²) < 4.78 is 13.0. The number of ketones is 1. The maximum absolute atomic E-state index is 12.4. The van der Waals surface area contributed by atoms with E-state index >= 15 is 0 Å². The number of aromatic nitrogens is 4. The Morgan fingerprint density at radius 1 is 1.31 bits per heavy atom. The predicted octanol–water partition coefficient (Wildman–Crippen LogP) is 5.47. The van der Waals surface area contributed by atoms with E-state index in [2.05, 4.69) is 51.0 Å². The number of fused-ring (bicyclic) bond motifs is 1. The zero-order chi connectivity index (χ0) is 23.6. The maximum Gasteiger partial charge on any atom is 0.229 e. The normalized spacial score (nSPS) is 16.3. The van der Waals surface area contributed by atoms with Crippen molar-refractivity contribution in [3.8, 4) is 0 Å². The molecule has 32 heavy (non-hydrogen) atoms. The summed E-state index contributed by atoms with van der Waals surface area (Å²) in [7, 11) is 0. The largest absolute Gasteiger partial charge is 0.341 e. The zero-order valence-electron chi connectivity index (χ0n) is 19.1. The number of thioether (sulfide) groups is 1. The fraction of sp³-hybridized carbons (Fsp3) is 0.667. The molecule has 3 heterocycles. The Labute approximate surface area is 208 Å². The predicted molar refractivity (Wildman–Crippen MR) is 138 cm³/mol. The lowest BCUT2D eigenvalue weighted by atomic mass is 9.91. The Hall–Kier alpha value is -0.680. The SMILES string of the molecule is CCCCC(C)C(=O)C1(CCCC)OCCO1.CSc1nc(C=O)nc2c1cnn2PI. The summed E-state index contributed by atoms with van der Waals surface area (Å²) in [6.45, 7) is 7.36. The van der Waals surface area contributed by atoms with Crippen LogP contribution in [0.3, 0.4) is 0 Å². The van der Waals surface area contributed by atoms with E-state index in [-0.39, 0.29) is 17.5 Å². The highest BCUT2D eigenvalue weighted by Crippen LogP contribution is 2.31. The first-order chi connectivity index (χ1) is 15.5. The van der Waals surface area contributed by atoms with Gasteiger partial charge < -0.3 is 9.47 Å². The third kappa shape index (κ3) is 6.91. The molecule has 2 aromatic rings. The second-order valence-electron chi connectivity index (χ2n) is 7.55. The molecule has 1 aliphatic heterocycles. The fourth-order valence-corrected chi connectivity index (χ4v) is 5.42. The van der Waals surface area contributed by atoms with E-state index in [1.165, 1.54) is 11.8 Å². The number of unbranched alkanes of at least 4 members (excludes halogenated alkanes) is 2. The van der Waals surface area contributed by atoms with Gasteiger partial charge in [0.2, 0.25) is 5.79 Å². The zero-order valence-corrected chi connectivity index (χ0v) is 23.1. The summed E-state index contributed by atoms with van der Waals surface area (Å²) >= 11 is 3.71. The molecular formula is C21H32IN4O4PS. The lowest BCUT2D eigenvalue weighted by Gasteiger charge is -2.28. The van der Waals surface area contributed by atoms with Gasteiger partial charge in [0.15, 0.2) is 23.5 Å². The van der Waals surface area contributed by atoms with Crippen LogP contribution in [-0.2, 0) is 14.3 Å². The quantitative estimate of drug-likeness (QED) is 0.111. The highest BCUT2D eigenvalue weighted by Gasteiger charge is 2.45. The summed E-state index contributed by atoms with van der Waals surface area (Å²) in [5.74, 6) is -0.506. The van der Waals surface area contributed by atoms with Gasteiger partial charge in [-0.15, -0.1) is 11.8 Å². The van der Waals surface area contributed by atoms with E-state index in [4.69, 9.17) is 9.47 Å². The van der Waals surface area contributed by atoms with Gasteiger partial charge in [-0.3, -0.25) is 9.59 Å². The van der Waals surface area contributed by atoms with Gasteiger partial charge >= 0.3 is 0 Å². The highest BCUT2D eigenvalue weighted by atomic mass is 127. The van der Waals surface area contributed by atoms with Gasteiger partial charge in [-0.1, -0.05) is 40.0 Å². The first-order valence-corrected chi connectivity index (χ1v) is 16.2. The number of carbonyl (C=O) groups excluding carboxylic acids is 2. The van der Waals surface area contributed by atoms with E-state index in [1.807, 2.05) is 13.2 Å².